The summed E-state index contributed by atoms with van der Waals surface area (Å²) in [6.45, 7) is 3.03. The van der Waals surface area contributed by atoms with Crippen molar-refractivity contribution >= 4 is 29.7 Å². The maximum atomic E-state index is 11.9. The first-order valence-corrected chi connectivity index (χ1v) is 8.94. The van der Waals surface area contributed by atoms with Crippen LogP contribution in [0.15, 0.2) is 24.3 Å². The molecule has 0 aliphatic carbocycles. The monoisotopic (exact) mass is 351 g/mol. The predicted molar refractivity (Wildman–Crippen MR) is 93.6 cm³/mol. The van der Waals surface area contributed by atoms with Gasteiger partial charge in [-0.05, 0) is 41.7 Å². The van der Waals surface area contributed by atoms with Gasteiger partial charge in [-0.15, -0.1) is 0 Å². The predicted octanol–water partition coefficient (Wildman–Crippen LogP) is 2.18. The molecule has 1 heterocycles. The van der Waals surface area contributed by atoms with E-state index in [9.17, 15) is 9.59 Å². The van der Waals surface area contributed by atoms with Crippen LogP contribution in [0.1, 0.15) is 18.9 Å². The maximum absolute atomic E-state index is 11.9. The Morgan fingerprint density at radius 1 is 1.33 bits per heavy atom. The fourth-order valence-electron chi connectivity index (χ4n) is 2.16. The molecule has 6 nitrogen and oxygen atoms in total. The van der Waals surface area contributed by atoms with E-state index < -0.39 is 17.9 Å². The number of rotatable bonds is 8. The largest absolute Gasteiger partial charge is 0.486 e. The van der Waals surface area contributed by atoms with Crippen molar-refractivity contribution in [2.45, 2.75) is 19.4 Å². The second kappa shape index (κ2) is 9.22. The molecule has 1 aliphatic rings. The molecule has 2 rings (SSSR count). The standard InChI is InChI=1S/C17H21NO5S/c1-2-24-10-7-13(17(20)21)18-16(19)6-4-12-3-5-14-15(11-12)23-9-8-22-14/h3-6,11,13H,2,7-10H2,1H3,(H,18,19)(H,20,21)/b6-4-. The molecule has 1 aromatic rings. The summed E-state index contributed by atoms with van der Waals surface area (Å²) in [5, 5.41) is 11.7. The average Bonchev–Trinajstić information content (AvgIpc) is 2.59. The number of carbonyl (C=O) groups is 2. The first-order chi connectivity index (χ1) is 11.6. The summed E-state index contributed by atoms with van der Waals surface area (Å²) in [7, 11) is 0. The maximum Gasteiger partial charge on any atom is 0.326 e. The number of benzene rings is 1. The van der Waals surface area contributed by atoms with Gasteiger partial charge >= 0.3 is 5.97 Å². The molecule has 2 N–H and O–H groups in total. The van der Waals surface area contributed by atoms with Gasteiger partial charge in [-0.3, -0.25) is 4.79 Å². The van der Waals surface area contributed by atoms with Gasteiger partial charge < -0.3 is 19.9 Å². The van der Waals surface area contributed by atoms with Gasteiger partial charge in [-0.25, -0.2) is 4.79 Å². The van der Waals surface area contributed by atoms with E-state index >= 15 is 0 Å². The zero-order valence-corrected chi connectivity index (χ0v) is 14.3. The summed E-state index contributed by atoms with van der Waals surface area (Å²) in [5.41, 5.74) is 0.780. The van der Waals surface area contributed by atoms with Crippen LogP contribution in [-0.2, 0) is 9.59 Å². The molecule has 0 radical (unpaired) electrons. The SMILES string of the molecule is CCSCCC(NC(=O)/C=C\c1ccc2c(c1)OCCO2)C(=O)O. The van der Waals surface area contributed by atoms with E-state index in [1.54, 1.807) is 30.0 Å². The van der Waals surface area contributed by atoms with Gasteiger partial charge in [0.05, 0.1) is 0 Å². The number of carboxylic acid groups (broad SMARTS) is 1. The van der Waals surface area contributed by atoms with Gasteiger partial charge in [0.25, 0.3) is 0 Å². The number of thioether (sulfide) groups is 1. The van der Waals surface area contributed by atoms with Gasteiger partial charge in [0.15, 0.2) is 11.5 Å². The lowest BCUT2D eigenvalue weighted by molar-refractivity contribution is -0.141. The van der Waals surface area contributed by atoms with Crippen molar-refractivity contribution in [2.75, 3.05) is 24.7 Å². The molecule has 1 aromatic carbocycles. The fraction of sp³-hybridized carbons (Fsp3) is 0.412. The second-order valence-corrected chi connectivity index (χ2v) is 6.52. The molecule has 0 aromatic heterocycles. The van der Waals surface area contributed by atoms with Crippen LogP contribution in [0.3, 0.4) is 0 Å². The molecule has 0 fully saturated rings. The molecule has 1 aliphatic heterocycles. The molecule has 0 bridgehead atoms. The van der Waals surface area contributed by atoms with E-state index in [4.69, 9.17) is 14.6 Å². The summed E-state index contributed by atoms with van der Waals surface area (Å²) in [6, 6.07) is 4.50. The van der Waals surface area contributed by atoms with E-state index in [-0.39, 0.29) is 0 Å². The van der Waals surface area contributed by atoms with Gasteiger partial charge in [0.1, 0.15) is 19.3 Å². The molecular formula is C17H21NO5S. The molecule has 7 heteroatoms. The Morgan fingerprint density at radius 2 is 2.08 bits per heavy atom. The third-order valence-corrected chi connectivity index (χ3v) is 4.30. The van der Waals surface area contributed by atoms with Gasteiger partial charge in [-0.1, -0.05) is 13.0 Å². The third-order valence-electron chi connectivity index (χ3n) is 3.36. The molecule has 130 valence electrons. The summed E-state index contributed by atoms with van der Waals surface area (Å²) in [5.74, 6) is 1.49. The zero-order chi connectivity index (χ0) is 17.4. The highest BCUT2D eigenvalue weighted by Gasteiger charge is 2.18. The number of hydrogen-bond acceptors (Lipinski definition) is 5. The molecule has 1 unspecified atom stereocenters. The van der Waals surface area contributed by atoms with E-state index in [2.05, 4.69) is 5.32 Å². The van der Waals surface area contributed by atoms with Gasteiger partial charge in [0.2, 0.25) is 5.91 Å². The van der Waals surface area contributed by atoms with E-state index in [0.717, 1.165) is 11.3 Å². The highest BCUT2D eigenvalue weighted by Crippen LogP contribution is 2.31. The van der Waals surface area contributed by atoms with Crippen LogP contribution in [0.5, 0.6) is 11.5 Å². The smallest absolute Gasteiger partial charge is 0.326 e. The lowest BCUT2D eigenvalue weighted by atomic mass is 10.1. The minimum Gasteiger partial charge on any atom is -0.486 e. The van der Waals surface area contributed by atoms with Crippen molar-refractivity contribution in [3.05, 3.63) is 29.8 Å². The number of ether oxygens (including phenoxy) is 2. The lowest BCUT2D eigenvalue weighted by Gasteiger charge is -2.18. The third kappa shape index (κ3) is 5.49. The zero-order valence-electron chi connectivity index (χ0n) is 13.5. The number of hydrogen-bond donors (Lipinski definition) is 2. The lowest BCUT2D eigenvalue weighted by Crippen LogP contribution is -2.40. The fourth-order valence-corrected chi connectivity index (χ4v) is 2.85. The molecule has 0 spiro atoms. The topological polar surface area (TPSA) is 84.9 Å². The Morgan fingerprint density at radius 3 is 2.79 bits per heavy atom. The second-order valence-electron chi connectivity index (χ2n) is 5.12. The van der Waals surface area contributed by atoms with Crippen LogP contribution in [-0.4, -0.2) is 47.7 Å². The van der Waals surface area contributed by atoms with Gasteiger partial charge in [0, 0.05) is 6.08 Å². The number of nitrogens with one attached hydrogen (secondary N) is 1. The minimum absolute atomic E-state index is 0.400. The molecule has 24 heavy (non-hydrogen) atoms. The summed E-state index contributed by atoms with van der Waals surface area (Å²) >= 11 is 1.65. The Balaban J connectivity index is 1.92. The number of aliphatic carboxylic acids is 1. The Bertz CT molecular complexity index is 617. The van der Waals surface area contributed by atoms with Crippen molar-refractivity contribution in [2.24, 2.45) is 0 Å². The summed E-state index contributed by atoms with van der Waals surface area (Å²) < 4.78 is 10.9. The van der Waals surface area contributed by atoms with Crippen LogP contribution in [0, 0.1) is 0 Å². The molecule has 1 amide bonds. The Labute approximate surface area is 145 Å². The molecular weight excluding hydrogens is 330 g/mol. The number of carbonyl (C=O) groups excluding carboxylic acids is 1. The molecule has 0 saturated carbocycles. The van der Waals surface area contributed by atoms with Crippen molar-refractivity contribution in [3.8, 4) is 11.5 Å². The van der Waals surface area contributed by atoms with Crippen LogP contribution in [0.25, 0.3) is 6.08 Å². The normalized spacial score (nSPS) is 14.4. The Hall–Kier alpha value is -2.15. The summed E-state index contributed by atoms with van der Waals surface area (Å²) in [4.78, 5) is 23.1. The average molecular weight is 351 g/mol. The van der Waals surface area contributed by atoms with Crippen molar-refractivity contribution in [1.29, 1.82) is 0 Å². The molecule has 0 saturated heterocycles. The summed E-state index contributed by atoms with van der Waals surface area (Å²) in [6.07, 6.45) is 3.35. The van der Waals surface area contributed by atoms with Crippen LogP contribution < -0.4 is 14.8 Å². The number of fused-ring (bicyclic) bond motifs is 1. The number of carboxylic acids is 1. The van der Waals surface area contributed by atoms with Gasteiger partial charge in [-0.2, -0.15) is 11.8 Å². The number of amides is 1. The van der Waals surface area contributed by atoms with Crippen LogP contribution >= 0.6 is 11.8 Å². The van der Waals surface area contributed by atoms with E-state index in [0.29, 0.717) is 36.9 Å². The van der Waals surface area contributed by atoms with E-state index in [1.165, 1.54) is 6.08 Å². The van der Waals surface area contributed by atoms with Crippen molar-refractivity contribution in [3.63, 3.8) is 0 Å². The molecule has 1 atom stereocenters. The Kier molecular flexibility index (Phi) is 6.99. The minimum atomic E-state index is -1.02. The van der Waals surface area contributed by atoms with Crippen LogP contribution in [0.4, 0.5) is 0 Å². The van der Waals surface area contributed by atoms with Crippen molar-refractivity contribution in [1.82, 2.24) is 5.32 Å². The first kappa shape index (κ1) is 18.2. The first-order valence-electron chi connectivity index (χ1n) is 7.79. The van der Waals surface area contributed by atoms with Crippen LogP contribution in [0.2, 0.25) is 0 Å². The quantitative estimate of drug-likeness (QED) is 0.552. The highest BCUT2D eigenvalue weighted by atomic mass is 32.2. The highest BCUT2D eigenvalue weighted by molar-refractivity contribution is 7.99. The van der Waals surface area contributed by atoms with E-state index in [1.807, 2.05) is 13.0 Å². The van der Waals surface area contributed by atoms with Crippen molar-refractivity contribution < 1.29 is 24.2 Å².